The molecule has 2 atom stereocenters. The molecule has 1 amide bonds. The number of benzene rings is 2. The number of carbonyl (C=O) groups is 1. The lowest BCUT2D eigenvalue weighted by molar-refractivity contribution is -0.140. The molecule has 6 rings (SSSR count). The number of carbonyl (C=O) groups excluding carboxylic acids is 1. The van der Waals surface area contributed by atoms with Crippen molar-refractivity contribution >= 4 is 11.6 Å². The maximum absolute atomic E-state index is 13.5. The molecule has 3 aliphatic rings. The molecule has 212 valence electrons. The minimum absolute atomic E-state index is 0.0292. The van der Waals surface area contributed by atoms with Crippen molar-refractivity contribution in [2.75, 3.05) is 13.2 Å². The molecule has 1 saturated carbocycles. The monoisotopic (exact) mass is 552 g/mol. The standard InChI is InChI=1S/C32H36N6O3/c39-32-29-15-6-5-14-28(29)30(35-38(32)25-11-3-1-2-4-12-25)24-10-9-13-27(22-24)41-21-8-7-20-40-26-18-16-23(17-19-26)31-33-36-37-34-31/h5-10,13,16-19,22,25,28-29H,1-4,11-12,14-15,20-21H2,(H,33,34,36,37)/b8-7+/t28-,29+/m0/s1. The maximum atomic E-state index is 13.5. The van der Waals surface area contributed by atoms with Gasteiger partial charge in [0.25, 0.3) is 0 Å². The predicted molar refractivity (Wildman–Crippen MR) is 156 cm³/mol. The Hall–Kier alpha value is -4.27. The highest BCUT2D eigenvalue weighted by molar-refractivity contribution is 6.07. The molecule has 0 unspecified atom stereocenters. The zero-order valence-corrected chi connectivity index (χ0v) is 23.2. The van der Waals surface area contributed by atoms with E-state index in [1.165, 1.54) is 25.7 Å². The molecule has 9 nitrogen and oxygen atoms in total. The van der Waals surface area contributed by atoms with Crippen LogP contribution in [0.25, 0.3) is 11.4 Å². The summed E-state index contributed by atoms with van der Waals surface area (Å²) in [4.78, 5) is 13.5. The highest BCUT2D eigenvalue weighted by Crippen LogP contribution is 2.37. The zero-order chi connectivity index (χ0) is 27.9. The predicted octanol–water partition coefficient (Wildman–Crippen LogP) is 5.73. The molecular weight excluding hydrogens is 516 g/mol. The van der Waals surface area contributed by atoms with Crippen molar-refractivity contribution in [3.8, 4) is 22.9 Å². The topological polar surface area (TPSA) is 106 Å². The van der Waals surface area contributed by atoms with Crippen LogP contribution in [0.15, 0.2) is 77.9 Å². The van der Waals surface area contributed by atoms with E-state index in [1.807, 2.05) is 53.6 Å². The Morgan fingerprint density at radius 1 is 0.854 bits per heavy atom. The van der Waals surface area contributed by atoms with Crippen LogP contribution < -0.4 is 9.47 Å². The Morgan fingerprint density at radius 2 is 1.59 bits per heavy atom. The van der Waals surface area contributed by atoms with E-state index < -0.39 is 0 Å². The molecule has 1 aliphatic heterocycles. The summed E-state index contributed by atoms with van der Waals surface area (Å²) in [5.74, 6) is 2.39. The number of nitrogens with zero attached hydrogens (tertiary/aromatic N) is 5. The molecule has 1 N–H and O–H groups in total. The van der Waals surface area contributed by atoms with Crippen molar-refractivity contribution < 1.29 is 14.3 Å². The summed E-state index contributed by atoms with van der Waals surface area (Å²) < 4.78 is 11.8. The Labute approximate surface area is 240 Å². The lowest BCUT2D eigenvalue weighted by atomic mass is 9.76. The van der Waals surface area contributed by atoms with Crippen LogP contribution in [0.5, 0.6) is 11.5 Å². The Bertz CT molecular complexity index is 1390. The van der Waals surface area contributed by atoms with E-state index in [1.54, 1.807) is 0 Å². The van der Waals surface area contributed by atoms with Gasteiger partial charge in [-0.1, -0.05) is 50.0 Å². The third-order valence-electron chi connectivity index (χ3n) is 8.16. The summed E-state index contributed by atoms with van der Waals surface area (Å²) in [5.41, 5.74) is 2.93. The fraction of sp³-hybridized carbons (Fsp3) is 0.406. The molecule has 2 aromatic carbocycles. The number of aromatic nitrogens is 4. The minimum atomic E-state index is -0.0292. The van der Waals surface area contributed by atoms with Gasteiger partial charge in [-0.2, -0.15) is 10.3 Å². The number of hydrogen-bond acceptors (Lipinski definition) is 7. The molecule has 2 aliphatic carbocycles. The highest BCUT2D eigenvalue weighted by Gasteiger charge is 2.42. The number of nitrogens with one attached hydrogen (secondary N) is 1. The second kappa shape index (κ2) is 12.9. The first-order valence-corrected chi connectivity index (χ1v) is 14.7. The number of hydrogen-bond donors (Lipinski definition) is 1. The number of rotatable bonds is 9. The molecule has 2 heterocycles. The van der Waals surface area contributed by atoms with E-state index >= 15 is 0 Å². The summed E-state index contributed by atoms with van der Waals surface area (Å²) >= 11 is 0. The first-order chi connectivity index (χ1) is 20.3. The lowest BCUT2D eigenvalue weighted by Crippen LogP contribution is -2.49. The van der Waals surface area contributed by atoms with Gasteiger partial charge in [0.1, 0.15) is 24.7 Å². The van der Waals surface area contributed by atoms with Crippen molar-refractivity contribution in [2.45, 2.75) is 57.4 Å². The molecular formula is C32H36N6O3. The molecule has 3 aromatic rings. The number of H-pyrrole nitrogens is 1. The van der Waals surface area contributed by atoms with Gasteiger partial charge in [0.05, 0.1) is 17.7 Å². The summed E-state index contributed by atoms with van der Waals surface area (Å²) in [5, 5.41) is 20.9. The van der Waals surface area contributed by atoms with Crippen molar-refractivity contribution in [1.82, 2.24) is 25.6 Å². The zero-order valence-electron chi connectivity index (χ0n) is 23.2. The third kappa shape index (κ3) is 6.39. The smallest absolute Gasteiger partial charge is 0.247 e. The van der Waals surface area contributed by atoms with Gasteiger partial charge in [-0.25, -0.2) is 5.01 Å². The first kappa shape index (κ1) is 26.9. The summed E-state index contributed by atoms with van der Waals surface area (Å²) in [6, 6.07) is 15.9. The van der Waals surface area contributed by atoms with Crippen LogP contribution in [0.3, 0.4) is 0 Å². The minimum Gasteiger partial charge on any atom is -0.490 e. The number of amides is 1. The number of allylic oxidation sites excluding steroid dienone is 2. The molecule has 1 fully saturated rings. The molecule has 0 saturated heterocycles. The molecule has 41 heavy (non-hydrogen) atoms. The Kier molecular flexibility index (Phi) is 8.49. The third-order valence-corrected chi connectivity index (χ3v) is 8.16. The van der Waals surface area contributed by atoms with Gasteiger partial charge in [-0.3, -0.25) is 4.79 Å². The van der Waals surface area contributed by atoms with E-state index in [0.29, 0.717) is 19.0 Å². The molecule has 9 heteroatoms. The Balaban J connectivity index is 1.07. The van der Waals surface area contributed by atoms with Gasteiger partial charge in [-0.05, 0) is 79.4 Å². The van der Waals surface area contributed by atoms with Gasteiger partial charge < -0.3 is 9.47 Å². The summed E-state index contributed by atoms with van der Waals surface area (Å²) in [6.45, 7) is 0.862. The normalized spacial score (nSPS) is 21.4. The summed E-state index contributed by atoms with van der Waals surface area (Å²) in [6.07, 6.45) is 16.8. The van der Waals surface area contributed by atoms with Gasteiger partial charge in [0.15, 0.2) is 0 Å². The van der Waals surface area contributed by atoms with Gasteiger partial charge >= 0.3 is 0 Å². The lowest BCUT2D eigenvalue weighted by Gasteiger charge is -2.40. The van der Waals surface area contributed by atoms with Gasteiger partial charge in [0, 0.05) is 17.0 Å². The average molecular weight is 553 g/mol. The van der Waals surface area contributed by atoms with Crippen LogP contribution in [0, 0.1) is 11.8 Å². The van der Waals surface area contributed by atoms with Crippen LogP contribution in [0.4, 0.5) is 0 Å². The quantitative estimate of drug-likeness (QED) is 0.268. The van der Waals surface area contributed by atoms with Gasteiger partial charge in [0.2, 0.25) is 11.7 Å². The van der Waals surface area contributed by atoms with Crippen molar-refractivity contribution in [3.05, 3.63) is 78.4 Å². The van der Waals surface area contributed by atoms with Crippen LogP contribution in [0.2, 0.25) is 0 Å². The Morgan fingerprint density at radius 3 is 2.32 bits per heavy atom. The highest BCUT2D eigenvalue weighted by atomic mass is 16.5. The van der Waals surface area contributed by atoms with E-state index in [2.05, 4.69) is 44.9 Å². The van der Waals surface area contributed by atoms with E-state index in [0.717, 1.165) is 54.0 Å². The van der Waals surface area contributed by atoms with E-state index in [4.69, 9.17) is 14.6 Å². The molecule has 0 bridgehead atoms. The average Bonchev–Trinajstić information content (AvgIpc) is 3.43. The van der Waals surface area contributed by atoms with Crippen molar-refractivity contribution in [3.63, 3.8) is 0 Å². The number of tetrazole rings is 1. The molecule has 1 aromatic heterocycles. The van der Waals surface area contributed by atoms with Crippen molar-refractivity contribution in [2.24, 2.45) is 16.9 Å². The second-order valence-electron chi connectivity index (χ2n) is 10.9. The molecule has 0 radical (unpaired) electrons. The number of ether oxygens (including phenoxy) is 2. The van der Waals surface area contributed by atoms with Crippen LogP contribution in [-0.4, -0.2) is 56.5 Å². The SMILES string of the molecule is O=C1[C@@H]2CC=CC[C@@H]2C(c2cccc(OC/C=C/COc3ccc(-c4nn[nH]n4)cc3)c2)=NN1C1CCCCCC1. The molecule has 0 spiro atoms. The van der Waals surface area contributed by atoms with Crippen LogP contribution in [-0.2, 0) is 4.79 Å². The maximum Gasteiger partial charge on any atom is 0.247 e. The number of hydrazone groups is 1. The van der Waals surface area contributed by atoms with Crippen molar-refractivity contribution in [1.29, 1.82) is 0 Å². The fourth-order valence-electron chi connectivity index (χ4n) is 5.99. The first-order valence-electron chi connectivity index (χ1n) is 14.7. The van der Waals surface area contributed by atoms with E-state index in [9.17, 15) is 4.79 Å². The van der Waals surface area contributed by atoms with Crippen LogP contribution in [0.1, 0.15) is 56.9 Å². The van der Waals surface area contributed by atoms with E-state index in [-0.39, 0.29) is 23.8 Å². The summed E-state index contributed by atoms with van der Waals surface area (Å²) in [7, 11) is 0. The fourth-order valence-corrected chi connectivity index (χ4v) is 5.99. The second-order valence-corrected chi connectivity index (χ2v) is 10.9. The number of fused-ring (bicyclic) bond motifs is 1. The van der Waals surface area contributed by atoms with Crippen LogP contribution >= 0.6 is 0 Å². The van der Waals surface area contributed by atoms with Gasteiger partial charge in [-0.15, -0.1) is 10.2 Å². The largest absolute Gasteiger partial charge is 0.490 e. The number of aromatic amines is 1.